The molecule has 0 aliphatic carbocycles. The van der Waals surface area contributed by atoms with Gasteiger partial charge in [-0.25, -0.2) is 0 Å². The number of carbonyl (C=O) groups excluding carboxylic acids is 1. The van der Waals surface area contributed by atoms with Gasteiger partial charge in [0, 0.05) is 22.5 Å². The summed E-state index contributed by atoms with van der Waals surface area (Å²) in [7, 11) is 0. The predicted molar refractivity (Wildman–Crippen MR) is 76.2 cm³/mol. The van der Waals surface area contributed by atoms with Gasteiger partial charge in [-0.3, -0.25) is 4.79 Å². The van der Waals surface area contributed by atoms with Crippen LogP contribution in [0.15, 0.2) is 18.2 Å². The van der Waals surface area contributed by atoms with Gasteiger partial charge in [0.15, 0.2) is 0 Å². The van der Waals surface area contributed by atoms with Crippen molar-refractivity contribution in [3.8, 4) is 0 Å². The fourth-order valence-electron chi connectivity index (χ4n) is 1.43. The van der Waals surface area contributed by atoms with Gasteiger partial charge in [0.2, 0.25) is 0 Å². The van der Waals surface area contributed by atoms with Crippen LogP contribution < -0.4 is 5.32 Å². The second kappa shape index (κ2) is 7.72. The average Bonchev–Trinajstić information content (AvgIpc) is 2.32. The lowest BCUT2D eigenvalue weighted by Crippen LogP contribution is -2.24. The molecule has 0 spiro atoms. The summed E-state index contributed by atoms with van der Waals surface area (Å²) in [4.78, 5) is 11.8. The van der Waals surface area contributed by atoms with Crippen LogP contribution in [0.3, 0.4) is 0 Å². The van der Waals surface area contributed by atoms with Crippen LogP contribution in [0.25, 0.3) is 0 Å². The molecule has 0 unspecified atom stereocenters. The highest BCUT2D eigenvalue weighted by atomic mass is 79.9. The van der Waals surface area contributed by atoms with Crippen molar-refractivity contribution in [1.29, 1.82) is 0 Å². The normalized spacial score (nSPS) is 10.3. The van der Waals surface area contributed by atoms with E-state index in [-0.39, 0.29) is 5.91 Å². The van der Waals surface area contributed by atoms with Crippen LogP contribution in [0.1, 0.15) is 35.2 Å². The molecule has 0 atom stereocenters. The molecule has 0 saturated heterocycles. The van der Waals surface area contributed by atoms with Crippen molar-refractivity contribution in [2.45, 2.75) is 26.2 Å². The number of aryl methyl sites for hydroxylation is 1. The van der Waals surface area contributed by atoms with Crippen LogP contribution in [0.5, 0.6) is 0 Å². The van der Waals surface area contributed by atoms with E-state index >= 15 is 0 Å². The van der Waals surface area contributed by atoms with E-state index < -0.39 is 0 Å². The van der Waals surface area contributed by atoms with Gasteiger partial charge in [-0.15, -0.1) is 0 Å². The zero-order valence-electron chi connectivity index (χ0n) is 9.93. The van der Waals surface area contributed by atoms with Crippen LogP contribution in [0, 0.1) is 6.92 Å². The molecule has 0 radical (unpaired) electrons. The summed E-state index contributed by atoms with van der Waals surface area (Å²) in [5, 5.41) is 4.55. The van der Waals surface area contributed by atoms with Gasteiger partial charge in [0.05, 0.1) is 0 Å². The number of unbranched alkanes of at least 4 members (excludes halogenated alkanes) is 2. The van der Waals surface area contributed by atoms with Gasteiger partial charge in [0.25, 0.3) is 5.91 Å². The summed E-state index contributed by atoms with van der Waals surface area (Å²) in [5.74, 6) is -0.0502. The van der Waals surface area contributed by atoms with Crippen molar-refractivity contribution in [2.24, 2.45) is 0 Å². The molecule has 2 nitrogen and oxygen atoms in total. The number of halogens is 2. The average molecular weight is 319 g/mol. The Morgan fingerprint density at radius 3 is 2.76 bits per heavy atom. The fourth-order valence-corrected chi connectivity index (χ4v) is 2.01. The van der Waals surface area contributed by atoms with Crippen LogP contribution in [-0.4, -0.2) is 17.8 Å². The first-order chi connectivity index (χ1) is 8.15. The summed E-state index contributed by atoms with van der Waals surface area (Å²) in [6.45, 7) is 2.64. The van der Waals surface area contributed by atoms with E-state index in [9.17, 15) is 4.79 Å². The number of benzene rings is 1. The van der Waals surface area contributed by atoms with E-state index in [2.05, 4.69) is 21.2 Å². The molecular formula is C13H17BrClNO. The minimum absolute atomic E-state index is 0.0502. The monoisotopic (exact) mass is 317 g/mol. The number of alkyl halides is 1. The third kappa shape index (κ3) is 5.09. The van der Waals surface area contributed by atoms with Crippen LogP contribution in [0.2, 0.25) is 5.02 Å². The van der Waals surface area contributed by atoms with Crippen LogP contribution >= 0.6 is 27.5 Å². The van der Waals surface area contributed by atoms with Crippen molar-refractivity contribution < 1.29 is 4.79 Å². The summed E-state index contributed by atoms with van der Waals surface area (Å²) in [6, 6.07) is 5.38. The Bertz CT molecular complexity index is 382. The van der Waals surface area contributed by atoms with Gasteiger partial charge in [-0.05, 0) is 37.5 Å². The summed E-state index contributed by atoms with van der Waals surface area (Å²) in [5.41, 5.74) is 1.61. The molecule has 0 aliphatic heterocycles. The third-order valence-corrected chi connectivity index (χ3v) is 3.50. The van der Waals surface area contributed by atoms with E-state index in [0.29, 0.717) is 10.6 Å². The van der Waals surface area contributed by atoms with E-state index in [0.717, 1.165) is 36.7 Å². The van der Waals surface area contributed by atoms with Gasteiger partial charge in [0.1, 0.15) is 0 Å². The molecule has 0 heterocycles. The van der Waals surface area contributed by atoms with Crippen LogP contribution in [0.4, 0.5) is 0 Å². The molecule has 0 aliphatic rings. The molecule has 1 aromatic rings. The maximum atomic E-state index is 11.8. The van der Waals surface area contributed by atoms with E-state index in [1.54, 1.807) is 12.1 Å². The number of hydrogen-bond acceptors (Lipinski definition) is 1. The highest BCUT2D eigenvalue weighted by molar-refractivity contribution is 9.09. The highest BCUT2D eigenvalue weighted by Crippen LogP contribution is 2.16. The summed E-state index contributed by atoms with van der Waals surface area (Å²) in [6.07, 6.45) is 3.28. The molecule has 1 N–H and O–H groups in total. The Labute approximate surface area is 116 Å². The maximum Gasteiger partial charge on any atom is 0.251 e. The molecule has 17 heavy (non-hydrogen) atoms. The van der Waals surface area contributed by atoms with E-state index in [1.165, 1.54) is 0 Å². The largest absolute Gasteiger partial charge is 0.352 e. The standard InChI is InChI=1S/C13H17BrClNO/c1-10-5-6-11(9-12(10)15)13(17)16-8-4-2-3-7-14/h5-6,9H,2-4,7-8H2,1H3,(H,16,17). The summed E-state index contributed by atoms with van der Waals surface area (Å²) < 4.78 is 0. The van der Waals surface area contributed by atoms with E-state index in [4.69, 9.17) is 11.6 Å². The number of rotatable bonds is 6. The summed E-state index contributed by atoms with van der Waals surface area (Å²) >= 11 is 9.36. The number of nitrogens with one attached hydrogen (secondary N) is 1. The smallest absolute Gasteiger partial charge is 0.251 e. The van der Waals surface area contributed by atoms with E-state index in [1.807, 2.05) is 13.0 Å². The van der Waals surface area contributed by atoms with Crippen molar-refractivity contribution in [2.75, 3.05) is 11.9 Å². The minimum Gasteiger partial charge on any atom is -0.352 e. The Hall–Kier alpha value is -0.540. The molecular weight excluding hydrogens is 302 g/mol. The second-order valence-corrected chi connectivity index (χ2v) is 5.17. The molecule has 1 aromatic carbocycles. The van der Waals surface area contributed by atoms with Gasteiger partial charge in [-0.1, -0.05) is 40.0 Å². The lowest BCUT2D eigenvalue weighted by molar-refractivity contribution is 0.0953. The number of hydrogen-bond donors (Lipinski definition) is 1. The Kier molecular flexibility index (Phi) is 6.60. The first kappa shape index (κ1) is 14.5. The molecule has 94 valence electrons. The molecule has 4 heteroatoms. The van der Waals surface area contributed by atoms with Crippen molar-refractivity contribution >= 4 is 33.4 Å². The Balaban J connectivity index is 2.39. The minimum atomic E-state index is -0.0502. The van der Waals surface area contributed by atoms with Crippen molar-refractivity contribution in [3.05, 3.63) is 34.3 Å². The molecule has 0 bridgehead atoms. The second-order valence-electron chi connectivity index (χ2n) is 3.97. The SMILES string of the molecule is Cc1ccc(C(=O)NCCCCCBr)cc1Cl. The zero-order valence-corrected chi connectivity index (χ0v) is 12.3. The quantitative estimate of drug-likeness (QED) is 0.624. The Morgan fingerprint density at radius 1 is 1.35 bits per heavy atom. The van der Waals surface area contributed by atoms with Gasteiger partial charge < -0.3 is 5.32 Å². The number of carbonyl (C=O) groups is 1. The highest BCUT2D eigenvalue weighted by Gasteiger charge is 2.06. The van der Waals surface area contributed by atoms with Gasteiger partial charge >= 0.3 is 0 Å². The maximum absolute atomic E-state index is 11.8. The third-order valence-electron chi connectivity index (χ3n) is 2.53. The fraction of sp³-hybridized carbons (Fsp3) is 0.462. The molecule has 1 rings (SSSR count). The lowest BCUT2D eigenvalue weighted by atomic mass is 10.1. The molecule has 0 saturated carbocycles. The lowest BCUT2D eigenvalue weighted by Gasteiger charge is -2.06. The zero-order chi connectivity index (χ0) is 12.7. The predicted octanol–water partition coefficient (Wildman–Crippen LogP) is 3.94. The van der Waals surface area contributed by atoms with Crippen molar-refractivity contribution in [3.63, 3.8) is 0 Å². The number of amides is 1. The first-order valence-corrected chi connectivity index (χ1v) is 7.25. The Morgan fingerprint density at radius 2 is 2.12 bits per heavy atom. The molecule has 0 aromatic heterocycles. The molecule has 1 amide bonds. The van der Waals surface area contributed by atoms with Gasteiger partial charge in [-0.2, -0.15) is 0 Å². The molecule has 0 fully saturated rings. The van der Waals surface area contributed by atoms with Crippen LogP contribution in [-0.2, 0) is 0 Å². The van der Waals surface area contributed by atoms with Crippen molar-refractivity contribution in [1.82, 2.24) is 5.32 Å². The first-order valence-electron chi connectivity index (χ1n) is 5.75. The topological polar surface area (TPSA) is 29.1 Å².